The van der Waals surface area contributed by atoms with E-state index in [0.29, 0.717) is 6.42 Å². The molecule has 0 radical (unpaired) electrons. The second kappa shape index (κ2) is 4.80. The van der Waals surface area contributed by atoms with Crippen LogP contribution in [0.1, 0.15) is 19.0 Å². The summed E-state index contributed by atoms with van der Waals surface area (Å²) in [7, 11) is 0. The number of hydrogen-bond acceptors (Lipinski definition) is 3. The molecule has 0 fully saturated rings. The second-order valence-corrected chi connectivity index (χ2v) is 4.64. The Bertz CT molecular complexity index is 754. The van der Waals surface area contributed by atoms with Gasteiger partial charge in [-0.2, -0.15) is 0 Å². The van der Waals surface area contributed by atoms with E-state index in [4.69, 9.17) is 0 Å². The Morgan fingerprint density at radius 2 is 2.05 bits per heavy atom. The Morgan fingerprint density at radius 1 is 1.30 bits per heavy atom. The zero-order chi connectivity index (χ0) is 14.1. The highest BCUT2D eigenvalue weighted by molar-refractivity contribution is 5.90. The van der Waals surface area contributed by atoms with Crippen LogP contribution >= 0.6 is 0 Å². The van der Waals surface area contributed by atoms with E-state index in [1.165, 1.54) is 0 Å². The first kappa shape index (κ1) is 12.4. The third kappa shape index (κ3) is 2.16. The van der Waals surface area contributed by atoms with E-state index in [1.807, 2.05) is 48.7 Å². The van der Waals surface area contributed by atoms with Crippen LogP contribution in [0.5, 0.6) is 0 Å². The number of carbonyl (C=O) groups is 1. The summed E-state index contributed by atoms with van der Waals surface area (Å²) in [5.41, 5.74) is 3.54. The van der Waals surface area contributed by atoms with E-state index in [9.17, 15) is 4.79 Å². The minimum atomic E-state index is 0.00242. The molecular formula is C14H15N5O. The van der Waals surface area contributed by atoms with Gasteiger partial charge in [-0.3, -0.25) is 9.89 Å². The smallest absolute Gasteiger partial charge is 0.224 e. The van der Waals surface area contributed by atoms with Crippen molar-refractivity contribution < 1.29 is 4.79 Å². The van der Waals surface area contributed by atoms with Crippen molar-refractivity contribution in [3.8, 4) is 11.4 Å². The van der Waals surface area contributed by atoms with Gasteiger partial charge in [0.15, 0.2) is 11.5 Å². The van der Waals surface area contributed by atoms with Gasteiger partial charge in [0, 0.05) is 29.4 Å². The molecule has 0 bridgehead atoms. The number of H-pyrrole nitrogens is 1. The summed E-state index contributed by atoms with van der Waals surface area (Å²) >= 11 is 0. The second-order valence-electron chi connectivity index (χ2n) is 4.64. The van der Waals surface area contributed by atoms with Crippen LogP contribution in [-0.4, -0.2) is 25.7 Å². The fourth-order valence-corrected chi connectivity index (χ4v) is 2.04. The lowest BCUT2D eigenvalue weighted by atomic mass is 10.2. The molecule has 0 aliphatic rings. The molecule has 0 spiro atoms. The summed E-state index contributed by atoms with van der Waals surface area (Å²) in [5, 5.41) is 14.3. The molecule has 0 unspecified atom stereocenters. The summed E-state index contributed by atoms with van der Waals surface area (Å²) in [4.78, 5) is 11.3. The van der Waals surface area contributed by atoms with Crippen LogP contribution in [0.25, 0.3) is 17.0 Å². The number of rotatable bonds is 3. The fourth-order valence-electron chi connectivity index (χ4n) is 2.04. The third-order valence-corrected chi connectivity index (χ3v) is 3.07. The molecule has 6 heteroatoms. The number of hydrogen-bond donors (Lipinski definition) is 2. The maximum absolute atomic E-state index is 11.3. The zero-order valence-corrected chi connectivity index (χ0v) is 11.3. The molecule has 1 aromatic carbocycles. The summed E-state index contributed by atoms with van der Waals surface area (Å²) in [6.45, 7) is 3.80. The lowest BCUT2D eigenvalue weighted by molar-refractivity contribution is -0.115. The van der Waals surface area contributed by atoms with Crippen LogP contribution in [0.2, 0.25) is 0 Å². The van der Waals surface area contributed by atoms with Crippen molar-refractivity contribution in [3.63, 3.8) is 0 Å². The van der Waals surface area contributed by atoms with Crippen molar-refractivity contribution in [3.05, 3.63) is 36.0 Å². The van der Waals surface area contributed by atoms with Crippen molar-refractivity contribution in [1.82, 2.24) is 19.8 Å². The van der Waals surface area contributed by atoms with Gasteiger partial charge in [0.05, 0.1) is 0 Å². The summed E-state index contributed by atoms with van der Waals surface area (Å²) in [5.74, 6) is 0.754. The number of nitrogens with zero attached hydrogens (tertiary/aromatic N) is 3. The average molecular weight is 269 g/mol. The Morgan fingerprint density at radius 3 is 2.75 bits per heavy atom. The summed E-state index contributed by atoms with van der Waals surface area (Å²) in [6.07, 6.45) is 0.467. The van der Waals surface area contributed by atoms with Gasteiger partial charge in [0.2, 0.25) is 5.91 Å². The predicted octanol–water partition coefficient (Wildman–Crippen LogP) is 2.38. The largest absolute Gasteiger partial charge is 0.326 e. The van der Waals surface area contributed by atoms with Gasteiger partial charge in [-0.25, -0.2) is 4.52 Å². The number of amides is 1. The van der Waals surface area contributed by atoms with Crippen molar-refractivity contribution in [2.45, 2.75) is 20.3 Å². The van der Waals surface area contributed by atoms with Gasteiger partial charge in [-0.1, -0.05) is 6.92 Å². The van der Waals surface area contributed by atoms with Gasteiger partial charge in [0.1, 0.15) is 0 Å². The number of aromatic nitrogens is 4. The summed E-state index contributed by atoms with van der Waals surface area (Å²) in [6, 6.07) is 9.49. The minimum Gasteiger partial charge on any atom is -0.326 e. The van der Waals surface area contributed by atoms with Crippen LogP contribution in [0.15, 0.2) is 30.3 Å². The lowest BCUT2D eigenvalue weighted by Crippen LogP contribution is -2.09. The molecule has 0 aliphatic heterocycles. The molecule has 0 aliphatic carbocycles. The predicted molar refractivity (Wildman–Crippen MR) is 76.4 cm³/mol. The first-order chi connectivity index (χ1) is 9.67. The molecule has 0 saturated carbocycles. The first-order valence-corrected chi connectivity index (χ1v) is 6.48. The number of carbonyl (C=O) groups excluding carboxylic acids is 1. The molecule has 6 nitrogen and oxygen atoms in total. The Labute approximate surface area is 115 Å². The molecule has 2 aromatic heterocycles. The third-order valence-electron chi connectivity index (χ3n) is 3.07. The molecule has 102 valence electrons. The lowest BCUT2D eigenvalue weighted by Gasteiger charge is -2.04. The number of benzene rings is 1. The van der Waals surface area contributed by atoms with Crippen LogP contribution in [-0.2, 0) is 4.79 Å². The molecule has 2 heterocycles. The average Bonchev–Trinajstić information content (AvgIpc) is 2.98. The number of nitrogens with one attached hydrogen (secondary N) is 2. The molecule has 20 heavy (non-hydrogen) atoms. The highest BCUT2D eigenvalue weighted by Gasteiger charge is 2.10. The van der Waals surface area contributed by atoms with Crippen LogP contribution < -0.4 is 5.32 Å². The number of anilines is 1. The van der Waals surface area contributed by atoms with E-state index in [0.717, 1.165) is 28.4 Å². The Hall–Kier alpha value is -2.63. The summed E-state index contributed by atoms with van der Waals surface area (Å²) < 4.78 is 1.84. The normalized spacial score (nSPS) is 10.9. The molecule has 1 amide bonds. The van der Waals surface area contributed by atoms with E-state index in [2.05, 4.69) is 20.6 Å². The van der Waals surface area contributed by atoms with Crippen molar-refractivity contribution in [1.29, 1.82) is 0 Å². The van der Waals surface area contributed by atoms with Crippen LogP contribution in [0, 0.1) is 6.92 Å². The molecular weight excluding hydrogens is 254 g/mol. The molecule has 3 rings (SSSR count). The SMILES string of the molecule is CCC(=O)Nc1ccc(-c2nnc3cc(C)[nH]n23)cc1. The number of fused-ring (bicyclic) bond motifs is 1. The zero-order valence-electron chi connectivity index (χ0n) is 11.3. The van der Waals surface area contributed by atoms with E-state index in [1.54, 1.807) is 0 Å². The van der Waals surface area contributed by atoms with Crippen molar-refractivity contribution in [2.75, 3.05) is 5.32 Å². The molecule has 0 atom stereocenters. The molecule has 2 N–H and O–H groups in total. The fraction of sp³-hybridized carbons (Fsp3) is 0.214. The minimum absolute atomic E-state index is 0.00242. The topological polar surface area (TPSA) is 75.1 Å². The van der Waals surface area contributed by atoms with Crippen LogP contribution in [0.3, 0.4) is 0 Å². The quantitative estimate of drug-likeness (QED) is 0.766. The molecule has 3 aromatic rings. The monoisotopic (exact) mass is 269 g/mol. The molecule has 0 saturated heterocycles. The Kier molecular flexibility index (Phi) is 2.98. The van der Waals surface area contributed by atoms with Crippen LogP contribution in [0.4, 0.5) is 5.69 Å². The highest BCUT2D eigenvalue weighted by Crippen LogP contribution is 2.20. The number of aryl methyl sites for hydroxylation is 1. The van der Waals surface area contributed by atoms with E-state index < -0.39 is 0 Å². The number of aromatic amines is 1. The van der Waals surface area contributed by atoms with Gasteiger partial charge >= 0.3 is 0 Å². The Balaban J connectivity index is 1.92. The van der Waals surface area contributed by atoms with Gasteiger partial charge < -0.3 is 5.32 Å². The first-order valence-electron chi connectivity index (χ1n) is 6.48. The highest BCUT2D eigenvalue weighted by atomic mass is 16.1. The van der Waals surface area contributed by atoms with Gasteiger partial charge in [0.25, 0.3) is 0 Å². The van der Waals surface area contributed by atoms with Crippen molar-refractivity contribution in [2.24, 2.45) is 0 Å². The maximum atomic E-state index is 11.3. The van der Waals surface area contributed by atoms with Gasteiger partial charge in [-0.05, 0) is 31.2 Å². The standard InChI is InChI=1S/C14H15N5O/c1-3-13(20)15-11-6-4-10(5-7-11)14-17-16-12-8-9(2)18-19(12)14/h4-8,18H,3H2,1-2H3,(H,15,20). The van der Waals surface area contributed by atoms with E-state index >= 15 is 0 Å². The maximum Gasteiger partial charge on any atom is 0.224 e. The van der Waals surface area contributed by atoms with Crippen molar-refractivity contribution >= 4 is 17.2 Å². The van der Waals surface area contributed by atoms with Gasteiger partial charge in [-0.15, -0.1) is 10.2 Å². The van der Waals surface area contributed by atoms with E-state index in [-0.39, 0.29) is 5.91 Å².